The molecule has 2 aromatic rings. The van der Waals surface area contributed by atoms with Crippen LogP contribution in [0.4, 0.5) is 14.4 Å². The Morgan fingerprint density at radius 2 is 1.30 bits per heavy atom. The highest BCUT2D eigenvalue weighted by Crippen LogP contribution is 2.30. The Morgan fingerprint density at radius 3 is 1.90 bits per heavy atom. The van der Waals surface area contributed by atoms with Crippen molar-refractivity contribution in [2.75, 3.05) is 45.0 Å². The highest BCUT2D eigenvalue weighted by Gasteiger charge is 2.40. The van der Waals surface area contributed by atoms with Crippen molar-refractivity contribution in [2.24, 2.45) is 23.7 Å². The van der Waals surface area contributed by atoms with Gasteiger partial charge in [-0.25, -0.2) is 39.2 Å². The zero-order chi connectivity index (χ0) is 81.6. The molecular formula is C69H107N13O24S3. The van der Waals surface area contributed by atoms with Crippen LogP contribution in [-0.2, 0) is 68.6 Å². The van der Waals surface area contributed by atoms with Gasteiger partial charge in [0, 0.05) is 60.7 Å². The molecular weight excluding hydrogens is 1490 g/mol. The third kappa shape index (κ3) is 34.5. The van der Waals surface area contributed by atoms with Gasteiger partial charge >= 0.3 is 54.0 Å². The monoisotopic (exact) mass is 1600 g/mol. The molecule has 3 rings (SSSR count). The molecule has 11 amide bonds. The van der Waals surface area contributed by atoms with Gasteiger partial charge in [-0.15, -0.1) is 11.3 Å². The predicted molar refractivity (Wildman–Crippen MR) is 398 cm³/mol. The van der Waals surface area contributed by atoms with Crippen molar-refractivity contribution < 1.29 is 117 Å². The molecule has 610 valence electrons. The fourth-order valence-electron chi connectivity index (χ4n) is 11.2. The maximum Gasteiger partial charge on any atom is 0.426 e. The maximum absolute atomic E-state index is 14.8. The highest BCUT2D eigenvalue weighted by molar-refractivity contribution is 8.76. The fourth-order valence-corrected chi connectivity index (χ4v) is 14.0. The van der Waals surface area contributed by atoms with Crippen molar-refractivity contribution in [2.45, 2.75) is 219 Å². The largest absolute Gasteiger partial charge is 0.508 e. The van der Waals surface area contributed by atoms with Crippen LogP contribution >= 0.6 is 32.9 Å². The number of hydrogen-bond donors (Lipinski definition) is 17. The molecule has 2 heterocycles. The molecule has 1 fully saturated rings. The van der Waals surface area contributed by atoms with Crippen LogP contribution in [0.5, 0.6) is 5.75 Å². The summed E-state index contributed by atoms with van der Waals surface area (Å²) in [6, 6.07) is -6.90. The molecule has 13 atom stereocenters. The van der Waals surface area contributed by atoms with E-state index in [2.05, 4.69) is 53.1 Å². The summed E-state index contributed by atoms with van der Waals surface area (Å²) < 4.78 is 10.8. The summed E-state index contributed by atoms with van der Waals surface area (Å²) in [6.07, 6.45) is -0.615. The minimum Gasteiger partial charge on any atom is -0.508 e. The number of ether oxygens (including phenoxy) is 2. The molecule has 1 aromatic carbocycles. The lowest BCUT2D eigenvalue weighted by molar-refractivity contribution is -0.159. The first-order chi connectivity index (χ1) is 51.5. The lowest BCUT2D eigenvalue weighted by Gasteiger charge is -2.39. The second-order valence-electron chi connectivity index (χ2n) is 26.9. The van der Waals surface area contributed by atoms with Gasteiger partial charge in [-0.1, -0.05) is 108 Å². The van der Waals surface area contributed by atoms with E-state index < -0.39 is 182 Å². The lowest BCUT2D eigenvalue weighted by atomic mass is 9.92. The summed E-state index contributed by atoms with van der Waals surface area (Å²) in [5.74, 6) is -14.4. The number of hydrogen-bond acceptors (Lipinski definition) is 24. The zero-order valence-corrected chi connectivity index (χ0v) is 65.1. The highest BCUT2D eigenvalue weighted by atomic mass is 33.1. The molecule has 1 aromatic heterocycles. The number of amides is 11. The van der Waals surface area contributed by atoms with E-state index in [0.717, 1.165) is 52.3 Å². The molecule has 2 unspecified atom stereocenters. The summed E-state index contributed by atoms with van der Waals surface area (Å²) in [5.41, 5.74) is 5.05. The number of carboxylic acids is 5. The van der Waals surface area contributed by atoms with E-state index >= 15 is 0 Å². The van der Waals surface area contributed by atoms with Crippen molar-refractivity contribution in [1.29, 1.82) is 0 Å². The minimum atomic E-state index is -1.77. The van der Waals surface area contributed by atoms with E-state index in [4.69, 9.17) is 14.6 Å². The summed E-state index contributed by atoms with van der Waals surface area (Å²) >= 11 is 0.997. The smallest absolute Gasteiger partial charge is 0.426 e. The minimum absolute atomic E-state index is 0.0000532. The number of piperidine rings is 1. The van der Waals surface area contributed by atoms with Gasteiger partial charge in [-0.3, -0.25) is 53.5 Å². The van der Waals surface area contributed by atoms with Crippen LogP contribution in [0, 0.1) is 23.7 Å². The topological polar surface area (TPSA) is 556 Å². The van der Waals surface area contributed by atoms with Crippen LogP contribution in [0.3, 0.4) is 0 Å². The standard InChI is InChI=1S/C69H107N13O24S3/c1-10-17-54(89)106-36-82(63(95)56(39(7)12-3)78-60(93)49-19-14-16-27-81(49)9)50(37(4)5)33-51(84)62-73-47(34-107-62)59(92)71-42(31-41-20-22-43(83)23-21-41)30-40(8)57(90)79-80-69(104)105-28-29-108-109-35-48(66(100)101)72-61(94)55(38(6)11-2)77-58(91)46(32-53(87)88)76-67(102)70-26-15-13-18-44(64(96)97)74-68(103)75-45(65(98)99)24-25-52(85)86/h20-23,34,37-40,42,44-46,48-51,55-56,83-84H,10-19,24-33,35-36H2,1-9H3,(H,71,92)(H,72,94)(H,77,91)(H,78,93)(H,79,90)(H,80,104)(H,85,86)(H,87,88)(H,96,97)(H,98,99)(H,100,101)(H2,70,76,102)(H2,74,75,103)/t38?,39?,40-,42+,44-,45-,46-,48-,49+,50+,51+,55-,56-/m0/s1. The number of carbonyl (C=O) groups excluding carboxylic acids is 10. The lowest BCUT2D eigenvalue weighted by Crippen LogP contribution is -2.59. The van der Waals surface area contributed by atoms with Gasteiger partial charge in [-0.2, -0.15) is 0 Å². The molecule has 0 radical (unpaired) electrons. The van der Waals surface area contributed by atoms with E-state index in [1.807, 2.05) is 51.9 Å². The Labute approximate surface area is 643 Å². The van der Waals surface area contributed by atoms with Gasteiger partial charge in [0.15, 0.2) is 6.73 Å². The molecule has 37 nitrogen and oxygen atoms in total. The summed E-state index contributed by atoms with van der Waals surface area (Å²) in [5, 5.41) is 90.1. The van der Waals surface area contributed by atoms with E-state index in [1.165, 1.54) is 22.4 Å². The molecule has 1 aliphatic heterocycles. The normalized spacial score (nSPS) is 16.1. The van der Waals surface area contributed by atoms with Crippen LogP contribution < -0.4 is 53.4 Å². The third-order valence-electron chi connectivity index (χ3n) is 17.9. The number of aromatic hydroxyl groups is 1. The molecule has 17 N–H and O–H groups in total. The number of aromatic nitrogens is 1. The Morgan fingerprint density at radius 1 is 0.670 bits per heavy atom. The number of phenols is 1. The molecule has 1 aliphatic rings. The number of urea groups is 2. The van der Waals surface area contributed by atoms with Crippen molar-refractivity contribution >= 4 is 122 Å². The second-order valence-corrected chi connectivity index (χ2v) is 30.4. The second kappa shape index (κ2) is 49.0. The summed E-state index contributed by atoms with van der Waals surface area (Å²) in [7, 11) is 3.89. The Bertz CT molecular complexity index is 3370. The number of esters is 1. The first-order valence-corrected chi connectivity index (χ1v) is 39.4. The summed E-state index contributed by atoms with van der Waals surface area (Å²) in [6.45, 7) is 13.9. The number of benzene rings is 1. The first-order valence-electron chi connectivity index (χ1n) is 36.0. The number of nitrogens with one attached hydrogen (secondary N) is 10. The number of carbonyl (C=O) groups is 15. The number of unbranched alkanes of at least 4 members (excludes halogenated alkanes) is 1. The van der Waals surface area contributed by atoms with E-state index in [-0.39, 0.29) is 110 Å². The fraction of sp³-hybridized carbons (Fsp3) is 0.652. The van der Waals surface area contributed by atoms with E-state index in [0.29, 0.717) is 24.8 Å². The quantitative estimate of drug-likeness (QED) is 0.0148. The Balaban J connectivity index is 1.57. The van der Waals surface area contributed by atoms with Gasteiger partial charge in [0.2, 0.25) is 29.5 Å². The molecule has 1 saturated heterocycles. The van der Waals surface area contributed by atoms with Crippen LogP contribution in [0.15, 0.2) is 29.6 Å². The Hall–Kier alpha value is -9.28. The van der Waals surface area contributed by atoms with Crippen molar-refractivity contribution in [3.8, 4) is 5.75 Å². The number of aliphatic hydroxyl groups is 1. The maximum atomic E-state index is 14.8. The zero-order valence-electron chi connectivity index (χ0n) is 62.7. The number of aliphatic hydroxyl groups excluding tert-OH is 1. The molecule has 0 spiro atoms. The SMILES string of the molecule is CCCC(=O)OCN(C(=O)[C@@H](NC(=O)[C@H]1CCCCN1C)C(C)CC)[C@H](C[C@@H](O)c1nc(C(=O)N[C@@H](Cc2ccc(O)cc2)C[C@H](C)C(=O)NNC(=O)OCCSSC[C@H](NC(=O)[C@@H](NC(=O)[C@H](CC(=O)O)NC(=O)NCCCC[C@H](NC(=O)N[C@@H](CCC(=O)O)C(=O)O)C(=O)O)C(C)CC)C(=O)O)cs1)C(C)C. The van der Waals surface area contributed by atoms with Gasteiger partial charge in [0.05, 0.1) is 12.5 Å². The van der Waals surface area contributed by atoms with Crippen molar-refractivity contribution in [3.05, 3.63) is 45.9 Å². The van der Waals surface area contributed by atoms with Crippen LogP contribution in [0.1, 0.15) is 179 Å². The number of likely N-dealkylation sites (tertiary alicyclic amines) is 1. The van der Waals surface area contributed by atoms with Crippen LogP contribution in [0.25, 0.3) is 0 Å². The van der Waals surface area contributed by atoms with Crippen LogP contribution in [-0.4, -0.2) is 239 Å². The molecule has 0 aliphatic carbocycles. The van der Waals surface area contributed by atoms with Crippen LogP contribution in [0.2, 0.25) is 0 Å². The predicted octanol–water partition coefficient (Wildman–Crippen LogP) is 3.43. The van der Waals surface area contributed by atoms with E-state index in [9.17, 15) is 103 Å². The number of phenolic OH excluding ortho intramolecular Hbond substituents is 1. The first kappa shape index (κ1) is 93.9. The van der Waals surface area contributed by atoms with Crippen molar-refractivity contribution in [3.63, 3.8) is 0 Å². The van der Waals surface area contributed by atoms with Gasteiger partial charge in [-0.05, 0) is 107 Å². The van der Waals surface area contributed by atoms with Gasteiger partial charge in [0.25, 0.3) is 5.91 Å². The van der Waals surface area contributed by atoms with Gasteiger partial charge in [0.1, 0.15) is 65.4 Å². The van der Waals surface area contributed by atoms with E-state index in [1.54, 1.807) is 32.9 Å². The number of rotatable bonds is 49. The number of aliphatic carboxylic acids is 5. The number of thiazole rings is 1. The average Bonchev–Trinajstić information content (AvgIpc) is 1.77. The molecule has 109 heavy (non-hydrogen) atoms. The number of nitrogens with zero attached hydrogens (tertiary/aromatic N) is 3. The third-order valence-corrected chi connectivity index (χ3v) is 21.3. The summed E-state index contributed by atoms with van der Waals surface area (Å²) in [4.78, 5) is 200. The number of hydrazine groups is 1. The molecule has 0 bridgehead atoms. The Kier molecular flexibility index (Phi) is 42.2. The molecule has 0 saturated carbocycles. The number of carboxylic acid groups (broad SMARTS) is 5. The number of likely N-dealkylation sites (N-methyl/N-ethyl adjacent to an activating group) is 1. The average molecular weight is 1600 g/mol. The van der Waals surface area contributed by atoms with Gasteiger partial charge < -0.3 is 92.7 Å². The van der Waals surface area contributed by atoms with Crippen molar-refractivity contribution in [1.82, 2.24) is 68.2 Å². The molecule has 40 heteroatoms.